The van der Waals surface area contributed by atoms with Crippen molar-refractivity contribution < 1.29 is 9.53 Å². The highest BCUT2D eigenvalue weighted by Crippen LogP contribution is 2.20. The molecule has 0 unspecified atom stereocenters. The van der Waals surface area contributed by atoms with Crippen molar-refractivity contribution in [2.24, 2.45) is 5.41 Å². The summed E-state index contributed by atoms with van der Waals surface area (Å²) in [6.45, 7) is 4.87. The largest absolute Gasteiger partial charge is 0.376 e. The molecule has 0 aromatic heterocycles. The number of hydrogen-bond acceptors (Lipinski definition) is 2. The lowest BCUT2D eigenvalue weighted by Crippen LogP contribution is -2.39. The van der Waals surface area contributed by atoms with Gasteiger partial charge in [-0.05, 0) is 26.7 Å². The Morgan fingerprint density at radius 1 is 1.44 bits per heavy atom. The molecular weight excluding hydrogens is 226 g/mol. The molecule has 0 heterocycles. The molecule has 1 N–H and O–H groups in total. The molecule has 0 saturated heterocycles. The minimum Gasteiger partial charge on any atom is -0.376 e. The molecule has 3 nitrogen and oxygen atoms in total. The number of carbonyl (C=O) groups excluding carboxylic acids is 1. The summed E-state index contributed by atoms with van der Waals surface area (Å²) in [6, 6.07) is 0. The van der Waals surface area contributed by atoms with Crippen molar-refractivity contribution >= 4 is 17.5 Å². The summed E-state index contributed by atoms with van der Waals surface area (Å²) in [5.74, 6) is 0.333. The maximum Gasteiger partial charge on any atom is 0.226 e. The number of ether oxygens (including phenoxy) is 1. The van der Waals surface area contributed by atoms with Gasteiger partial charge in [-0.15, -0.1) is 11.6 Å². The Labute approximate surface area is 103 Å². The number of amides is 1. The quantitative estimate of drug-likeness (QED) is 0.578. The van der Waals surface area contributed by atoms with Crippen LogP contribution in [0.3, 0.4) is 0 Å². The van der Waals surface area contributed by atoms with E-state index < -0.39 is 5.41 Å². The van der Waals surface area contributed by atoms with E-state index in [1.165, 1.54) is 25.7 Å². The highest BCUT2D eigenvalue weighted by atomic mass is 35.5. The molecule has 1 rings (SSSR count). The van der Waals surface area contributed by atoms with Gasteiger partial charge in [0.2, 0.25) is 5.91 Å². The highest BCUT2D eigenvalue weighted by molar-refractivity contribution is 6.19. The Bertz CT molecular complexity index is 225. The van der Waals surface area contributed by atoms with Crippen molar-refractivity contribution in [1.82, 2.24) is 5.32 Å². The summed E-state index contributed by atoms with van der Waals surface area (Å²) in [6.07, 6.45) is 5.30. The minimum absolute atomic E-state index is 0.00229. The molecule has 1 fully saturated rings. The number of rotatable bonds is 6. The van der Waals surface area contributed by atoms with E-state index >= 15 is 0 Å². The normalized spacial score (nSPS) is 17.7. The van der Waals surface area contributed by atoms with Crippen LogP contribution in [0.5, 0.6) is 0 Å². The number of carbonyl (C=O) groups is 1. The molecular formula is C12H22ClNO2. The predicted octanol–water partition coefficient (Wildman–Crippen LogP) is 2.33. The lowest BCUT2D eigenvalue weighted by atomic mass is 9.95. The summed E-state index contributed by atoms with van der Waals surface area (Å²) < 4.78 is 5.65. The van der Waals surface area contributed by atoms with Crippen molar-refractivity contribution in [3.05, 3.63) is 0 Å². The van der Waals surface area contributed by atoms with Crippen molar-refractivity contribution in [1.29, 1.82) is 0 Å². The Morgan fingerprint density at radius 3 is 2.62 bits per heavy atom. The van der Waals surface area contributed by atoms with Gasteiger partial charge in [-0.1, -0.05) is 12.8 Å². The smallest absolute Gasteiger partial charge is 0.226 e. The van der Waals surface area contributed by atoms with Crippen molar-refractivity contribution in [3.63, 3.8) is 0 Å². The Morgan fingerprint density at radius 2 is 2.06 bits per heavy atom. The SMILES string of the molecule is CC(C)(CCl)C(=O)NCCOC1CCCC1. The molecule has 0 aromatic carbocycles. The van der Waals surface area contributed by atoms with E-state index in [1.807, 2.05) is 13.8 Å². The zero-order valence-electron chi connectivity index (χ0n) is 10.2. The number of alkyl halides is 1. The highest BCUT2D eigenvalue weighted by Gasteiger charge is 2.25. The first-order chi connectivity index (χ1) is 7.56. The van der Waals surface area contributed by atoms with E-state index in [-0.39, 0.29) is 5.91 Å². The van der Waals surface area contributed by atoms with Gasteiger partial charge in [-0.3, -0.25) is 4.79 Å². The first-order valence-electron chi connectivity index (χ1n) is 6.02. The molecule has 1 aliphatic rings. The summed E-state index contributed by atoms with van der Waals surface area (Å²) in [5, 5.41) is 2.85. The summed E-state index contributed by atoms with van der Waals surface area (Å²) in [4.78, 5) is 11.6. The maximum atomic E-state index is 11.6. The van der Waals surface area contributed by atoms with Crippen LogP contribution in [-0.4, -0.2) is 31.0 Å². The fourth-order valence-corrected chi connectivity index (χ4v) is 1.87. The number of hydrogen-bond donors (Lipinski definition) is 1. The van der Waals surface area contributed by atoms with Crippen LogP contribution >= 0.6 is 11.6 Å². The van der Waals surface area contributed by atoms with Crippen LogP contribution in [0.1, 0.15) is 39.5 Å². The Balaban J connectivity index is 2.08. The lowest BCUT2D eigenvalue weighted by molar-refractivity contribution is -0.128. The average molecular weight is 248 g/mol. The minimum atomic E-state index is -0.491. The second kappa shape index (κ2) is 6.45. The number of halogens is 1. The van der Waals surface area contributed by atoms with E-state index in [1.54, 1.807) is 0 Å². The van der Waals surface area contributed by atoms with Gasteiger partial charge in [0.15, 0.2) is 0 Å². The van der Waals surface area contributed by atoms with E-state index in [0.29, 0.717) is 25.1 Å². The Kier molecular flexibility index (Phi) is 5.56. The van der Waals surface area contributed by atoms with Crippen LogP contribution in [0.15, 0.2) is 0 Å². The van der Waals surface area contributed by atoms with Gasteiger partial charge in [0.25, 0.3) is 0 Å². The van der Waals surface area contributed by atoms with Crippen molar-refractivity contribution in [2.45, 2.75) is 45.6 Å². The average Bonchev–Trinajstić information content (AvgIpc) is 2.76. The molecule has 0 radical (unpaired) electrons. The molecule has 16 heavy (non-hydrogen) atoms. The van der Waals surface area contributed by atoms with E-state index in [2.05, 4.69) is 5.32 Å². The predicted molar refractivity (Wildman–Crippen MR) is 65.7 cm³/mol. The van der Waals surface area contributed by atoms with Crippen molar-refractivity contribution in [3.8, 4) is 0 Å². The second-order valence-corrected chi connectivity index (χ2v) is 5.32. The van der Waals surface area contributed by atoms with Crippen LogP contribution in [-0.2, 0) is 9.53 Å². The lowest BCUT2D eigenvalue weighted by Gasteiger charge is -2.20. The van der Waals surface area contributed by atoms with Crippen LogP contribution in [0, 0.1) is 5.41 Å². The van der Waals surface area contributed by atoms with E-state index in [9.17, 15) is 4.79 Å². The molecule has 0 bridgehead atoms. The fourth-order valence-electron chi connectivity index (χ4n) is 1.75. The van der Waals surface area contributed by atoms with Gasteiger partial charge in [0.05, 0.1) is 18.1 Å². The van der Waals surface area contributed by atoms with Crippen LogP contribution in [0.4, 0.5) is 0 Å². The zero-order valence-corrected chi connectivity index (χ0v) is 11.0. The summed E-state index contributed by atoms with van der Waals surface area (Å²) in [7, 11) is 0. The fraction of sp³-hybridized carbons (Fsp3) is 0.917. The molecule has 1 saturated carbocycles. The molecule has 94 valence electrons. The van der Waals surface area contributed by atoms with E-state index in [0.717, 1.165) is 0 Å². The van der Waals surface area contributed by atoms with Crippen LogP contribution in [0.2, 0.25) is 0 Å². The van der Waals surface area contributed by atoms with Gasteiger partial charge in [-0.2, -0.15) is 0 Å². The molecule has 1 amide bonds. The van der Waals surface area contributed by atoms with Crippen molar-refractivity contribution in [2.75, 3.05) is 19.0 Å². The maximum absolute atomic E-state index is 11.6. The molecule has 0 spiro atoms. The van der Waals surface area contributed by atoms with Gasteiger partial charge in [0.1, 0.15) is 0 Å². The molecule has 4 heteroatoms. The molecule has 0 aromatic rings. The van der Waals surface area contributed by atoms with Gasteiger partial charge >= 0.3 is 0 Å². The zero-order chi connectivity index (χ0) is 12.0. The van der Waals surface area contributed by atoms with E-state index in [4.69, 9.17) is 16.3 Å². The Hall–Kier alpha value is -0.280. The third kappa shape index (κ3) is 4.30. The van der Waals surface area contributed by atoms with Crippen LogP contribution in [0.25, 0.3) is 0 Å². The molecule has 1 aliphatic carbocycles. The summed E-state index contributed by atoms with van der Waals surface area (Å²) in [5.41, 5.74) is -0.491. The van der Waals surface area contributed by atoms with Gasteiger partial charge in [0, 0.05) is 12.4 Å². The summed E-state index contributed by atoms with van der Waals surface area (Å²) >= 11 is 5.71. The first kappa shape index (κ1) is 13.8. The third-order valence-electron chi connectivity index (χ3n) is 2.99. The topological polar surface area (TPSA) is 38.3 Å². The monoisotopic (exact) mass is 247 g/mol. The van der Waals surface area contributed by atoms with Gasteiger partial charge < -0.3 is 10.1 Å². The molecule has 0 aliphatic heterocycles. The second-order valence-electron chi connectivity index (χ2n) is 5.05. The first-order valence-corrected chi connectivity index (χ1v) is 6.55. The number of nitrogens with one attached hydrogen (secondary N) is 1. The van der Waals surface area contributed by atoms with Crippen LogP contribution < -0.4 is 5.32 Å². The third-order valence-corrected chi connectivity index (χ3v) is 3.66. The molecule has 0 atom stereocenters. The van der Waals surface area contributed by atoms with Gasteiger partial charge in [-0.25, -0.2) is 0 Å². The standard InChI is InChI=1S/C12H22ClNO2/c1-12(2,9-13)11(15)14-7-8-16-10-5-3-4-6-10/h10H,3-9H2,1-2H3,(H,14,15).